The van der Waals surface area contributed by atoms with Gasteiger partial charge in [0.15, 0.2) is 9.84 Å². The van der Waals surface area contributed by atoms with Gasteiger partial charge in [-0.05, 0) is 38.1 Å². The van der Waals surface area contributed by atoms with Crippen LogP contribution in [0.5, 0.6) is 0 Å². The molecule has 0 bridgehead atoms. The molecule has 6 nitrogen and oxygen atoms in total. The lowest BCUT2D eigenvalue weighted by Gasteiger charge is -2.18. The van der Waals surface area contributed by atoms with Gasteiger partial charge in [0.2, 0.25) is 10.0 Å². The predicted octanol–water partition coefficient (Wildman–Crippen LogP) is 0.106. The van der Waals surface area contributed by atoms with Gasteiger partial charge in [0.1, 0.15) is 0 Å². The number of nitrogens with one attached hydrogen (secondary N) is 1. The van der Waals surface area contributed by atoms with Gasteiger partial charge in [-0.3, -0.25) is 0 Å². The number of hydrogen-bond acceptors (Lipinski definition) is 5. The van der Waals surface area contributed by atoms with E-state index in [9.17, 15) is 16.8 Å². The molecule has 3 N–H and O–H groups in total. The van der Waals surface area contributed by atoms with Crippen LogP contribution in [0.25, 0.3) is 0 Å². The third-order valence-electron chi connectivity index (χ3n) is 2.28. The highest BCUT2D eigenvalue weighted by Gasteiger charge is 2.19. The highest BCUT2D eigenvalue weighted by atomic mass is 32.2. The van der Waals surface area contributed by atoms with Gasteiger partial charge in [-0.25, -0.2) is 21.6 Å². The average molecular weight is 306 g/mol. The summed E-state index contributed by atoms with van der Waals surface area (Å²) in [4.78, 5) is 0.0785. The Hall–Kier alpha value is -0.960. The Morgan fingerprint density at radius 1 is 1.05 bits per heavy atom. The minimum absolute atomic E-state index is 0.00384. The maximum absolute atomic E-state index is 11.9. The standard InChI is InChI=1S/C11H18N2O4S2/c1-11(2,12)8-13-19(16,17)10-6-4-9(5-7-10)18(3,14)15/h4-7,13H,8,12H2,1-3H3. The van der Waals surface area contributed by atoms with Crippen molar-refractivity contribution in [3.8, 4) is 0 Å². The van der Waals surface area contributed by atoms with E-state index in [-0.39, 0.29) is 16.3 Å². The Morgan fingerprint density at radius 3 is 1.84 bits per heavy atom. The van der Waals surface area contributed by atoms with Crippen molar-refractivity contribution in [2.75, 3.05) is 12.8 Å². The quantitative estimate of drug-likeness (QED) is 0.803. The molecular formula is C11H18N2O4S2. The summed E-state index contributed by atoms with van der Waals surface area (Å²) in [5.74, 6) is 0. The van der Waals surface area contributed by atoms with E-state index < -0.39 is 25.4 Å². The second kappa shape index (κ2) is 5.20. The van der Waals surface area contributed by atoms with Crippen LogP contribution in [0.1, 0.15) is 13.8 Å². The molecule has 0 aliphatic rings. The zero-order valence-corrected chi connectivity index (χ0v) is 12.7. The van der Waals surface area contributed by atoms with Gasteiger partial charge in [-0.15, -0.1) is 0 Å². The Kier molecular flexibility index (Phi) is 4.40. The molecule has 0 saturated carbocycles. The first-order valence-corrected chi connectivity index (χ1v) is 8.88. The lowest BCUT2D eigenvalue weighted by atomic mass is 10.1. The van der Waals surface area contributed by atoms with Crippen LogP contribution in [0.2, 0.25) is 0 Å². The van der Waals surface area contributed by atoms with E-state index in [0.29, 0.717) is 0 Å². The lowest BCUT2D eigenvalue weighted by Crippen LogP contribution is -2.45. The van der Waals surface area contributed by atoms with Gasteiger partial charge in [-0.1, -0.05) is 0 Å². The molecule has 108 valence electrons. The summed E-state index contributed by atoms with van der Waals surface area (Å²) in [6.45, 7) is 3.48. The molecule has 0 atom stereocenters. The highest BCUT2D eigenvalue weighted by Crippen LogP contribution is 2.14. The second-order valence-corrected chi connectivity index (χ2v) is 8.84. The van der Waals surface area contributed by atoms with Crippen LogP contribution in [0, 0.1) is 0 Å². The number of benzene rings is 1. The van der Waals surface area contributed by atoms with Crippen LogP contribution < -0.4 is 10.5 Å². The van der Waals surface area contributed by atoms with Crippen LogP contribution in [-0.4, -0.2) is 35.2 Å². The molecule has 1 aromatic rings. The number of hydrogen-bond donors (Lipinski definition) is 2. The predicted molar refractivity (Wildman–Crippen MR) is 73.0 cm³/mol. The van der Waals surface area contributed by atoms with E-state index in [1.807, 2.05) is 0 Å². The molecule has 0 saturated heterocycles. The molecule has 0 aliphatic heterocycles. The molecule has 0 aliphatic carbocycles. The van der Waals surface area contributed by atoms with E-state index in [1.54, 1.807) is 13.8 Å². The number of nitrogens with two attached hydrogens (primary N) is 1. The largest absolute Gasteiger partial charge is 0.324 e. The van der Waals surface area contributed by atoms with Gasteiger partial charge in [0, 0.05) is 18.3 Å². The van der Waals surface area contributed by atoms with Crippen molar-refractivity contribution in [1.82, 2.24) is 4.72 Å². The van der Waals surface area contributed by atoms with Crippen LogP contribution in [0.4, 0.5) is 0 Å². The monoisotopic (exact) mass is 306 g/mol. The van der Waals surface area contributed by atoms with Crippen molar-refractivity contribution >= 4 is 19.9 Å². The molecule has 0 aromatic heterocycles. The van der Waals surface area contributed by atoms with Crippen LogP contribution in [-0.2, 0) is 19.9 Å². The summed E-state index contributed by atoms with van der Waals surface area (Å²) in [6, 6.07) is 5.03. The van der Waals surface area contributed by atoms with Crippen LogP contribution >= 0.6 is 0 Å². The van der Waals surface area contributed by atoms with Crippen molar-refractivity contribution < 1.29 is 16.8 Å². The zero-order valence-electron chi connectivity index (χ0n) is 11.0. The molecule has 0 fully saturated rings. The zero-order chi connectivity index (χ0) is 14.9. The molecule has 0 radical (unpaired) electrons. The van der Waals surface area contributed by atoms with Gasteiger partial charge in [0.25, 0.3) is 0 Å². The summed E-state index contributed by atoms with van der Waals surface area (Å²) in [6.07, 6.45) is 1.06. The van der Waals surface area contributed by atoms with Crippen molar-refractivity contribution in [2.45, 2.75) is 29.2 Å². The van der Waals surface area contributed by atoms with Crippen molar-refractivity contribution in [3.05, 3.63) is 24.3 Å². The van der Waals surface area contributed by atoms with E-state index in [2.05, 4.69) is 4.72 Å². The van der Waals surface area contributed by atoms with Crippen molar-refractivity contribution in [1.29, 1.82) is 0 Å². The first kappa shape index (κ1) is 16.1. The molecule has 0 amide bonds. The van der Waals surface area contributed by atoms with Crippen LogP contribution in [0.3, 0.4) is 0 Å². The molecule has 0 unspecified atom stereocenters. The summed E-state index contributed by atoms with van der Waals surface area (Å²) < 4.78 is 48.8. The first-order valence-electron chi connectivity index (χ1n) is 5.50. The Morgan fingerprint density at radius 2 is 1.47 bits per heavy atom. The third-order valence-corrected chi connectivity index (χ3v) is 4.83. The molecule has 1 rings (SSSR count). The Balaban J connectivity index is 2.98. The average Bonchev–Trinajstić information content (AvgIpc) is 2.25. The summed E-state index contributed by atoms with van der Waals surface area (Å²) in [5, 5.41) is 0. The first-order chi connectivity index (χ1) is 8.42. The summed E-state index contributed by atoms with van der Waals surface area (Å²) in [7, 11) is -7.02. The van der Waals surface area contributed by atoms with Gasteiger partial charge in [0.05, 0.1) is 9.79 Å². The van der Waals surface area contributed by atoms with Crippen molar-refractivity contribution in [3.63, 3.8) is 0 Å². The molecule has 19 heavy (non-hydrogen) atoms. The summed E-state index contributed by atoms with van der Waals surface area (Å²) in [5.41, 5.74) is 5.03. The summed E-state index contributed by atoms with van der Waals surface area (Å²) >= 11 is 0. The number of rotatable bonds is 5. The van der Waals surface area contributed by atoms with Crippen molar-refractivity contribution in [2.24, 2.45) is 5.73 Å². The number of sulfone groups is 1. The SMILES string of the molecule is CC(C)(N)CNS(=O)(=O)c1ccc(S(C)(=O)=O)cc1. The van der Waals surface area contributed by atoms with E-state index in [1.165, 1.54) is 24.3 Å². The van der Waals surface area contributed by atoms with Gasteiger partial charge in [-0.2, -0.15) is 0 Å². The third kappa shape index (κ3) is 4.90. The molecule has 0 spiro atoms. The van der Waals surface area contributed by atoms with Gasteiger partial charge < -0.3 is 5.73 Å². The highest BCUT2D eigenvalue weighted by molar-refractivity contribution is 7.90. The molecular weight excluding hydrogens is 288 g/mol. The van der Waals surface area contributed by atoms with E-state index in [4.69, 9.17) is 5.73 Å². The Bertz CT molecular complexity index is 641. The van der Waals surface area contributed by atoms with Crippen LogP contribution in [0.15, 0.2) is 34.1 Å². The maximum atomic E-state index is 11.9. The van der Waals surface area contributed by atoms with E-state index >= 15 is 0 Å². The second-order valence-electron chi connectivity index (χ2n) is 5.06. The fourth-order valence-corrected chi connectivity index (χ4v) is 3.08. The minimum Gasteiger partial charge on any atom is -0.324 e. The molecule has 8 heteroatoms. The molecule has 1 aromatic carbocycles. The fraction of sp³-hybridized carbons (Fsp3) is 0.455. The van der Waals surface area contributed by atoms with E-state index in [0.717, 1.165) is 6.26 Å². The number of sulfonamides is 1. The lowest BCUT2D eigenvalue weighted by molar-refractivity contribution is 0.498. The normalized spacial score (nSPS) is 13.5. The molecule has 0 heterocycles. The Labute approximate surface area is 114 Å². The smallest absolute Gasteiger partial charge is 0.240 e. The maximum Gasteiger partial charge on any atom is 0.240 e. The van der Waals surface area contributed by atoms with Gasteiger partial charge >= 0.3 is 0 Å². The fourth-order valence-electron chi connectivity index (χ4n) is 1.23. The topological polar surface area (TPSA) is 106 Å². The minimum atomic E-state index is -3.68.